The number of methoxy groups -OCH3 is 2. The lowest BCUT2D eigenvalue weighted by molar-refractivity contribution is -0.140. The second-order valence-corrected chi connectivity index (χ2v) is 8.23. The number of carbonyl (C=O) groups is 2. The highest BCUT2D eigenvalue weighted by atomic mass is 16.5. The summed E-state index contributed by atoms with van der Waals surface area (Å²) in [5.41, 5.74) is 0.962. The second kappa shape index (κ2) is 12.3. The second-order valence-electron chi connectivity index (χ2n) is 8.23. The van der Waals surface area contributed by atoms with Gasteiger partial charge >= 0.3 is 0 Å². The van der Waals surface area contributed by atoms with Crippen molar-refractivity contribution < 1.29 is 28.9 Å². The fourth-order valence-corrected chi connectivity index (χ4v) is 4.37. The standard InChI is InChI=1S/C28H34N2O6/c1-6-18-36-20-14-12-19(13-15-20)25(31)23-24(21-10-9-11-22(34-4)27(21)35-5)30(28(33)26(23)32)17-16-29(7-2)8-3/h6,9-15,24,31H,1,7-8,16-18H2,2-5H3/b25-23+. The molecule has 0 aromatic heterocycles. The first-order chi connectivity index (χ1) is 17.4. The van der Waals surface area contributed by atoms with Crippen LogP contribution in [0.4, 0.5) is 0 Å². The molecular formula is C28H34N2O6. The molecule has 1 fully saturated rings. The molecule has 1 unspecified atom stereocenters. The lowest BCUT2D eigenvalue weighted by Crippen LogP contribution is -2.38. The van der Waals surface area contributed by atoms with Crippen molar-refractivity contribution in [1.29, 1.82) is 0 Å². The van der Waals surface area contributed by atoms with E-state index in [0.29, 0.717) is 48.1 Å². The largest absolute Gasteiger partial charge is 0.507 e. The van der Waals surface area contributed by atoms with Crippen LogP contribution in [0.5, 0.6) is 17.2 Å². The molecule has 1 atom stereocenters. The van der Waals surface area contributed by atoms with Crippen LogP contribution in [0.25, 0.3) is 5.76 Å². The summed E-state index contributed by atoms with van der Waals surface area (Å²) < 4.78 is 16.6. The number of hydrogen-bond acceptors (Lipinski definition) is 7. The van der Waals surface area contributed by atoms with Crippen LogP contribution in [0.2, 0.25) is 0 Å². The van der Waals surface area contributed by atoms with Crippen LogP contribution < -0.4 is 14.2 Å². The number of aliphatic hydroxyl groups excluding tert-OH is 1. The Bertz CT molecular complexity index is 1120. The molecule has 0 bridgehead atoms. The molecular weight excluding hydrogens is 460 g/mol. The molecule has 2 aromatic carbocycles. The van der Waals surface area contributed by atoms with Crippen LogP contribution in [0.3, 0.4) is 0 Å². The summed E-state index contributed by atoms with van der Waals surface area (Å²) >= 11 is 0. The Kier molecular flexibility index (Phi) is 9.13. The van der Waals surface area contributed by atoms with Gasteiger partial charge in [0.2, 0.25) is 0 Å². The van der Waals surface area contributed by atoms with Crippen molar-refractivity contribution in [2.24, 2.45) is 0 Å². The average molecular weight is 495 g/mol. The molecule has 1 amide bonds. The normalized spacial score (nSPS) is 16.9. The lowest BCUT2D eigenvalue weighted by Gasteiger charge is -2.29. The van der Waals surface area contributed by atoms with E-state index in [1.165, 1.54) is 19.1 Å². The van der Waals surface area contributed by atoms with Gasteiger partial charge in [0.15, 0.2) is 11.5 Å². The van der Waals surface area contributed by atoms with Gasteiger partial charge in [-0.2, -0.15) is 0 Å². The molecule has 1 N–H and O–H groups in total. The molecule has 2 aromatic rings. The summed E-state index contributed by atoms with van der Waals surface area (Å²) in [7, 11) is 3.03. The number of aliphatic hydroxyl groups is 1. The molecule has 3 rings (SSSR count). The number of nitrogens with zero attached hydrogens (tertiary/aromatic N) is 2. The molecule has 1 heterocycles. The van der Waals surface area contributed by atoms with E-state index in [2.05, 4.69) is 11.5 Å². The monoisotopic (exact) mass is 494 g/mol. The molecule has 0 saturated carbocycles. The predicted molar refractivity (Wildman–Crippen MR) is 138 cm³/mol. The topological polar surface area (TPSA) is 88.5 Å². The zero-order chi connectivity index (χ0) is 26.2. The third-order valence-electron chi connectivity index (χ3n) is 6.32. The highest BCUT2D eigenvalue weighted by molar-refractivity contribution is 6.46. The van der Waals surface area contributed by atoms with Crippen LogP contribution in [0.1, 0.15) is 31.0 Å². The number of ether oxygens (including phenoxy) is 3. The Morgan fingerprint density at radius 1 is 1.08 bits per heavy atom. The maximum Gasteiger partial charge on any atom is 0.295 e. The molecule has 0 aliphatic carbocycles. The zero-order valence-corrected chi connectivity index (χ0v) is 21.3. The van der Waals surface area contributed by atoms with Gasteiger partial charge in [0.05, 0.1) is 25.8 Å². The molecule has 1 saturated heterocycles. The summed E-state index contributed by atoms with van der Waals surface area (Å²) in [6.07, 6.45) is 1.63. The quantitative estimate of drug-likeness (QED) is 0.206. The number of hydrogen-bond donors (Lipinski definition) is 1. The van der Waals surface area contributed by atoms with E-state index in [1.807, 2.05) is 13.8 Å². The van der Waals surface area contributed by atoms with Gasteiger partial charge in [-0.3, -0.25) is 9.59 Å². The fraction of sp³-hybridized carbons (Fsp3) is 0.357. The highest BCUT2D eigenvalue weighted by Crippen LogP contribution is 2.45. The van der Waals surface area contributed by atoms with E-state index in [4.69, 9.17) is 14.2 Å². The van der Waals surface area contributed by atoms with Gasteiger partial charge < -0.3 is 29.1 Å². The van der Waals surface area contributed by atoms with Crippen LogP contribution in [0, 0.1) is 0 Å². The third kappa shape index (κ3) is 5.39. The zero-order valence-electron chi connectivity index (χ0n) is 21.3. The molecule has 1 aliphatic heterocycles. The Hall–Kier alpha value is -3.78. The summed E-state index contributed by atoms with van der Waals surface area (Å²) in [6, 6.07) is 11.1. The van der Waals surface area contributed by atoms with Gasteiger partial charge in [0.25, 0.3) is 11.7 Å². The fourth-order valence-electron chi connectivity index (χ4n) is 4.37. The van der Waals surface area contributed by atoms with E-state index in [1.54, 1.807) is 48.5 Å². The van der Waals surface area contributed by atoms with Crippen LogP contribution in [0.15, 0.2) is 60.7 Å². The van der Waals surface area contributed by atoms with Gasteiger partial charge in [0, 0.05) is 24.2 Å². The Balaban J connectivity index is 2.14. The lowest BCUT2D eigenvalue weighted by atomic mass is 9.94. The number of para-hydroxylation sites is 1. The van der Waals surface area contributed by atoms with Crippen molar-refractivity contribution in [2.75, 3.05) is 47.0 Å². The minimum atomic E-state index is -0.845. The van der Waals surface area contributed by atoms with Crippen molar-refractivity contribution >= 4 is 17.4 Å². The Morgan fingerprint density at radius 2 is 1.78 bits per heavy atom. The first-order valence-corrected chi connectivity index (χ1v) is 12.0. The predicted octanol–water partition coefficient (Wildman–Crippen LogP) is 4.03. The SMILES string of the molecule is C=CCOc1ccc(/C(O)=C2\C(=O)C(=O)N(CCN(CC)CC)C2c2cccc(OC)c2OC)cc1. The van der Waals surface area contributed by atoms with Crippen LogP contribution >= 0.6 is 0 Å². The molecule has 192 valence electrons. The van der Waals surface area contributed by atoms with Crippen molar-refractivity contribution in [2.45, 2.75) is 19.9 Å². The number of likely N-dealkylation sites (tertiary alicyclic amines) is 1. The molecule has 8 heteroatoms. The van der Waals surface area contributed by atoms with Gasteiger partial charge in [0.1, 0.15) is 18.1 Å². The highest BCUT2D eigenvalue weighted by Gasteiger charge is 2.47. The summed E-state index contributed by atoms with van der Waals surface area (Å²) in [5.74, 6) is -0.203. The number of Topliss-reactive ketones (excluding diaryl/α,β-unsaturated/α-hetero) is 1. The Labute approximate surface area is 212 Å². The van der Waals surface area contributed by atoms with Gasteiger partial charge in [-0.15, -0.1) is 0 Å². The molecule has 0 radical (unpaired) electrons. The minimum Gasteiger partial charge on any atom is -0.507 e. The molecule has 36 heavy (non-hydrogen) atoms. The van der Waals surface area contributed by atoms with Gasteiger partial charge in [-0.25, -0.2) is 0 Å². The van der Waals surface area contributed by atoms with E-state index in [0.717, 1.165) is 13.1 Å². The van der Waals surface area contributed by atoms with Gasteiger partial charge in [-0.1, -0.05) is 38.6 Å². The summed E-state index contributed by atoms with van der Waals surface area (Å²) in [5, 5.41) is 11.3. The first-order valence-electron chi connectivity index (χ1n) is 12.0. The van der Waals surface area contributed by atoms with Crippen LogP contribution in [-0.4, -0.2) is 73.6 Å². The maximum atomic E-state index is 13.3. The van der Waals surface area contributed by atoms with E-state index in [9.17, 15) is 14.7 Å². The van der Waals surface area contributed by atoms with E-state index >= 15 is 0 Å². The van der Waals surface area contributed by atoms with E-state index < -0.39 is 17.7 Å². The number of rotatable bonds is 12. The molecule has 1 aliphatic rings. The summed E-state index contributed by atoms with van der Waals surface area (Å²) in [6.45, 7) is 10.6. The molecule has 0 spiro atoms. The van der Waals surface area contributed by atoms with Crippen molar-refractivity contribution in [3.05, 3.63) is 71.8 Å². The summed E-state index contributed by atoms with van der Waals surface area (Å²) in [4.78, 5) is 30.3. The van der Waals surface area contributed by atoms with E-state index in [-0.39, 0.29) is 11.3 Å². The minimum absolute atomic E-state index is 0.00543. The number of benzene rings is 2. The van der Waals surface area contributed by atoms with Crippen molar-refractivity contribution in [3.8, 4) is 17.2 Å². The first kappa shape index (κ1) is 26.8. The average Bonchev–Trinajstić information content (AvgIpc) is 3.16. The van der Waals surface area contributed by atoms with Crippen molar-refractivity contribution in [3.63, 3.8) is 0 Å². The Morgan fingerprint density at radius 3 is 2.36 bits per heavy atom. The smallest absolute Gasteiger partial charge is 0.295 e. The maximum absolute atomic E-state index is 13.3. The van der Waals surface area contributed by atoms with Crippen LogP contribution in [-0.2, 0) is 9.59 Å². The van der Waals surface area contributed by atoms with Gasteiger partial charge in [-0.05, 0) is 43.4 Å². The number of amides is 1. The number of carbonyl (C=O) groups excluding carboxylic acids is 2. The molecule has 8 nitrogen and oxygen atoms in total. The number of ketones is 1. The van der Waals surface area contributed by atoms with Crippen molar-refractivity contribution in [1.82, 2.24) is 9.80 Å². The number of likely N-dealkylation sites (N-methyl/N-ethyl adjacent to an activating group) is 1. The third-order valence-corrected chi connectivity index (χ3v) is 6.32.